The maximum atomic E-state index is 5.77. The van der Waals surface area contributed by atoms with Crippen molar-refractivity contribution in [3.8, 4) is 5.69 Å². The van der Waals surface area contributed by atoms with Crippen molar-refractivity contribution in [1.29, 1.82) is 0 Å². The van der Waals surface area contributed by atoms with E-state index in [2.05, 4.69) is 10.1 Å². The smallest absolute Gasteiger partial charge is 0.0676 e. The van der Waals surface area contributed by atoms with Crippen LogP contribution in [0.5, 0.6) is 0 Å². The summed E-state index contributed by atoms with van der Waals surface area (Å²) < 4.78 is 1.81. The van der Waals surface area contributed by atoms with Crippen LogP contribution in [0.25, 0.3) is 5.69 Å². The number of hydrogen-bond donors (Lipinski definition) is 0. The molecule has 2 heterocycles. The lowest BCUT2D eigenvalue weighted by Crippen LogP contribution is -1.94. The zero-order valence-corrected chi connectivity index (χ0v) is 8.57. The monoisotopic (exact) mass is 207 g/mol. The third-order valence-electron chi connectivity index (χ3n) is 2.07. The summed E-state index contributed by atoms with van der Waals surface area (Å²) in [7, 11) is 0. The van der Waals surface area contributed by atoms with E-state index in [4.69, 9.17) is 11.6 Å². The maximum absolute atomic E-state index is 5.77. The van der Waals surface area contributed by atoms with E-state index >= 15 is 0 Å². The Bertz CT molecular complexity index is 422. The molecule has 2 aromatic heterocycles. The van der Waals surface area contributed by atoms with Gasteiger partial charge in [-0.15, -0.1) is 11.6 Å². The maximum Gasteiger partial charge on any atom is 0.0676 e. The summed E-state index contributed by atoms with van der Waals surface area (Å²) in [5, 5.41) is 4.36. The predicted octanol–water partition coefficient (Wildman–Crippen LogP) is 2.31. The summed E-state index contributed by atoms with van der Waals surface area (Å²) in [6.07, 6.45) is 5.43. The van der Waals surface area contributed by atoms with Gasteiger partial charge in [-0.3, -0.25) is 4.98 Å². The molecule has 2 rings (SSSR count). The fourth-order valence-corrected chi connectivity index (χ4v) is 1.52. The van der Waals surface area contributed by atoms with Crippen molar-refractivity contribution in [2.45, 2.75) is 12.8 Å². The van der Waals surface area contributed by atoms with Crippen molar-refractivity contribution in [1.82, 2.24) is 14.8 Å². The largest absolute Gasteiger partial charge is 0.265 e. The minimum atomic E-state index is 0.497. The highest BCUT2D eigenvalue weighted by molar-refractivity contribution is 6.17. The molecule has 3 nitrogen and oxygen atoms in total. The predicted molar refractivity (Wildman–Crippen MR) is 55.7 cm³/mol. The number of hydrogen-bond acceptors (Lipinski definition) is 2. The van der Waals surface area contributed by atoms with Crippen molar-refractivity contribution < 1.29 is 0 Å². The van der Waals surface area contributed by atoms with Gasteiger partial charge in [-0.25, -0.2) is 4.68 Å². The first-order chi connectivity index (χ1) is 6.81. The molecule has 4 heteroatoms. The van der Waals surface area contributed by atoms with Gasteiger partial charge in [0.25, 0.3) is 0 Å². The molecule has 0 saturated heterocycles. The Hall–Kier alpha value is -1.35. The Morgan fingerprint density at radius 2 is 2.07 bits per heavy atom. The van der Waals surface area contributed by atoms with Crippen LogP contribution < -0.4 is 0 Å². The molecule has 0 atom stereocenters. The minimum absolute atomic E-state index is 0.497. The number of halogens is 1. The molecule has 0 amide bonds. The summed E-state index contributed by atoms with van der Waals surface area (Å²) in [6.45, 7) is 1.95. The SMILES string of the molecule is Cc1nn(-c2ccncc2)cc1CCl. The topological polar surface area (TPSA) is 30.7 Å². The van der Waals surface area contributed by atoms with Crippen LogP contribution in [-0.4, -0.2) is 14.8 Å². The third kappa shape index (κ3) is 1.63. The number of pyridine rings is 1. The van der Waals surface area contributed by atoms with E-state index in [9.17, 15) is 0 Å². The quantitative estimate of drug-likeness (QED) is 0.708. The van der Waals surface area contributed by atoms with Gasteiger partial charge in [0.1, 0.15) is 0 Å². The average molecular weight is 208 g/mol. The van der Waals surface area contributed by atoms with Crippen LogP contribution in [0.1, 0.15) is 11.3 Å². The first kappa shape index (κ1) is 9.21. The summed E-state index contributed by atoms with van der Waals surface area (Å²) >= 11 is 5.77. The molecule has 0 bridgehead atoms. The van der Waals surface area contributed by atoms with Crippen LogP contribution in [0.4, 0.5) is 0 Å². The summed E-state index contributed by atoms with van der Waals surface area (Å²) in [6, 6.07) is 3.81. The molecule has 0 N–H and O–H groups in total. The fraction of sp³-hybridized carbons (Fsp3) is 0.200. The van der Waals surface area contributed by atoms with Crippen LogP contribution in [0.15, 0.2) is 30.7 Å². The highest BCUT2D eigenvalue weighted by Crippen LogP contribution is 2.12. The molecular formula is C10H10ClN3. The highest BCUT2D eigenvalue weighted by Gasteiger charge is 2.04. The van der Waals surface area contributed by atoms with Crippen molar-refractivity contribution in [3.05, 3.63) is 42.0 Å². The van der Waals surface area contributed by atoms with Crippen LogP contribution in [0.3, 0.4) is 0 Å². The Morgan fingerprint density at radius 3 is 2.64 bits per heavy atom. The Balaban J connectivity index is 2.43. The molecule has 0 spiro atoms. The van der Waals surface area contributed by atoms with Crippen LogP contribution in [0, 0.1) is 6.92 Å². The average Bonchev–Trinajstić information content (AvgIpc) is 2.61. The van der Waals surface area contributed by atoms with Gasteiger partial charge in [0.05, 0.1) is 17.3 Å². The fourth-order valence-electron chi connectivity index (χ4n) is 1.26. The molecule has 0 aliphatic carbocycles. The van der Waals surface area contributed by atoms with Gasteiger partial charge < -0.3 is 0 Å². The second-order valence-corrected chi connectivity index (χ2v) is 3.29. The zero-order valence-electron chi connectivity index (χ0n) is 7.81. The van der Waals surface area contributed by atoms with Crippen molar-refractivity contribution in [2.75, 3.05) is 0 Å². The summed E-state index contributed by atoms with van der Waals surface area (Å²) in [5.41, 5.74) is 3.03. The minimum Gasteiger partial charge on any atom is -0.265 e. The van der Waals surface area contributed by atoms with E-state index in [1.54, 1.807) is 12.4 Å². The van der Waals surface area contributed by atoms with Crippen LogP contribution >= 0.6 is 11.6 Å². The van der Waals surface area contributed by atoms with Gasteiger partial charge in [0.15, 0.2) is 0 Å². The zero-order chi connectivity index (χ0) is 9.97. The molecule has 2 aromatic rings. The standard InChI is InChI=1S/C10H10ClN3/c1-8-9(6-11)7-14(13-8)10-2-4-12-5-3-10/h2-5,7H,6H2,1H3. The Labute approximate surface area is 87.3 Å². The van der Waals surface area contributed by atoms with Crippen molar-refractivity contribution in [3.63, 3.8) is 0 Å². The molecule has 0 saturated carbocycles. The van der Waals surface area contributed by atoms with E-state index in [0.717, 1.165) is 16.9 Å². The molecule has 0 aromatic carbocycles. The third-order valence-corrected chi connectivity index (χ3v) is 2.36. The lowest BCUT2D eigenvalue weighted by Gasteiger charge is -1.98. The Morgan fingerprint density at radius 1 is 1.36 bits per heavy atom. The molecule has 14 heavy (non-hydrogen) atoms. The van der Waals surface area contributed by atoms with Gasteiger partial charge in [-0.05, 0) is 19.1 Å². The van der Waals surface area contributed by atoms with Crippen LogP contribution in [0.2, 0.25) is 0 Å². The van der Waals surface area contributed by atoms with Gasteiger partial charge >= 0.3 is 0 Å². The number of rotatable bonds is 2. The molecule has 0 radical (unpaired) electrons. The molecule has 0 unspecified atom stereocenters. The molecule has 72 valence electrons. The van der Waals surface area contributed by atoms with Crippen LogP contribution in [-0.2, 0) is 5.88 Å². The summed E-state index contributed by atoms with van der Waals surface area (Å²) in [4.78, 5) is 3.95. The highest BCUT2D eigenvalue weighted by atomic mass is 35.5. The van der Waals surface area contributed by atoms with E-state index < -0.39 is 0 Å². The van der Waals surface area contributed by atoms with Gasteiger partial charge in [-0.1, -0.05) is 0 Å². The first-order valence-corrected chi connectivity index (χ1v) is 4.86. The normalized spacial score (nSPS) is 10.4. The second-order valence-electron chi connectivity index (χ2n) is 3.02. The Kier molecular flexibility index (Phi) is 2.50. The van der Waals surface area contributed by atoms with Gasteiger partial charge in [-0.2, -0.15) is 5.10 Å². The number of nitrogens with zero attached hydrogens (tertiary/aromatic N) is 3. The van der Waals surface area contributed by atoms with E-state index in [-0.39, 0.29) is 0 Å². The van der Waals surface area contributed by atoms with E-state index in [1.165, 1.54) is 0 Å². The van der Waals surface area contributed by atoms with Gasteiger partial charge in [0.2, 0.25) is 0 Å². The van der Waals surface area contributed by atoms with Gasteiger partial charge in [0, 0.05) is 24.2 Å². The second kappa shape index (κ2) is 3.80. The van der Waals surface area contributed by atoms with Crippen molar-refractivity contribution >= 4 is 11.6 Å². The number of alkyl halides is 1. The number of aryl methyl sites for hydroxylation is 1. The first-order valence-electron chi connectivity index (χ1n) is 4.33. The summed E-state index contributed by atoms with van der Waals surface area (Å²) in [5.74, 6) is 0.497. The molecular weight excluding hydrogens is 198 g/mol. The lowest BCUT2D eigenvalue weighted by atomic mass is 10.3. The van der Waals surface area contributed by atoms with E-state index in [1.807, 2.05) is 29.9 Å². The lowest BCUT2D eigenvalue weighted by molar-refractivity contribution is 0.860. The van der Waals surface area contributed by atoms with E-state index in [0.29, 0.717) is 5.88 Å². The molecule has 0 fully saturated rings. The molecule has 0 aliphatic heterocycles. The number of aromatic nitrogens is 3. The van der Waals surface area contributed by atoms with Crippen molar-refractivity contribution in [2.24, 2.45) is 0 Å². The molecule has 0 aliphatic rings.